The highest BCUT2D eigenvalue weighted by Gasteiger charge is 2.41. The lowest BCUT2D eigenvalue weighted by atomic mass is 9.93. The van der Waals surface area contributed by atoms with Gasteiger partial charge in [0, 0.05) is 30.9 Å². The fourth-order valence-corrected chi connectivity index (χ4v) is 4.17. The number of rotatable bonds is 3. The normalized spacial score (nSPS) is 23.2. The third kappa shape index (κ3) is 2.88. The topological polar surface area (TPSA) is 62.5 Å². The first kappa shape index (κ1) is 16.4. The summed E-state index contributed by atoms with van der Waals surface area (Å²) >= 11 is 6.33. The molecular weight excluding hydrogens is 340 g/mol. The van der Waals surface area contributed by atoms with Gasteiger partial charge in [-0.2, -0.15) is 0 Å². The van der Waals surface area contributed by atoms with Crippen LogP contribution in [-0.4, -0.2) is 40.1 Å². The first-order valence-corrected chi connectivity index (χ1v) is 9.00. The molecule has 0 aliphatic carbocycles. The van der Waals surface area contributed by atoms with Crippen LogP contribution in [0.5, 0.6) is 0 Å². The lowest BCUT2D eigenvalue weighted by Crippen LogP contribution is -2.47. The Morgan fingerprint density at radius 3 is 2.88 bits per heavy atom. The Kier molecular flexibility index (Phi) is 4.15. The van der Waals surface area contributed by atoms with E-state index in [1.807, 2.05) is 30.9 Å². The van der Waals surface area contributed by atoms with E-state index in [0.29, 0.717) is 18.1 Å². The van der Waals surface area contributed by atoms with E-state index in [9.17, 15) is 4.79 Å². The standard InChI is InChI=1S/C18H21ClN4O2/c1-11-15(12(2)25-21-11)10-23-14-6-5-13(18(23)24)8-22(9-14)17-16(19)4-3-7-20-17/h3-4,7,13-14H,5-6,8-10H2,1-2H3/t13-,14+/m1/s1. The summed E-state index contributed by atoms with van der Waals surface area (Å²) in [5, 5.41) is 4.65. The fourth-order valence-electron chi connectivity index (χ4n) is 3.93. The number of nitrogens with zero attached hydrogens (tertiary/aromatic N) is 4. The van der Waals surface area contributed by atoms with Crippen molar-refractivity contribution in [2.45, 2.75) is 39.3 Å². The Morgan fingerprint density at radius 2 is 2.16 bits per heavy atom. The largest absolute Gasteiger partial charge is 0.361 e. The van der Waals surface area contributed by atoms with Gasteiger partial charge < -0.3 is 14.3 Å². The van der Waals surface area contributed by atoms with Gasteiger partial charge in [0.1, 0.15) is 11.6 Å². The molecule has 0 radical (unpaired) electrons. The van der Waals surface area contributed by atoms with Gasteiger partial charge in [-0.25, -0.2) is 4.98 Å². The van der Waals surface area contributed by atoms with Crippen LogP contribution in [0, 0.1) is 19.8 Å². The molecule has 0 unspecified atom stereocenters. The molecule has 0 spiro atoms. The zero-order chi connectivity index (χ0) is 17.6. The summed E-state index contributed by atoms with van der Waals surface area (Å²) in [6, 6.07) is 3.82. The monoisotopic (exact) mass is 360 g/mol. The SMILES string of the molecule is Cc1noc(C)c1CN1C(=O)[C@@H]2CC[C@H]1CN(c1ncccc1Cl)C2. The van der Waals surface area contributed by atoms with Crippen molar-refractivity contribution in [3.05, 3.63) is 40.4 Å². The number of aryl methyl sites for hydroxylation is 2. The molecule has 2 aromatic rings. The highest BCUT2D eigenvalue weighted by Crippen LogP contribution is 2.34. The number of amides is 1. The van der Waals surface area contributed by atoms with Gasteiger partial charge in [0.05, 0.1) is 23.2 Å². The van der Waals surface area contributed by atoms with E-state index in [0.717, 1.165) is 42.2 Å². The molecule has 5 heterocycles. The zero-order valence-electron chi connectivity index (χ0n) is 14.4. The third-order valence-corrected chi connectivity index (χ3v) is 5.64. The average Bonchev–Trinajstić information content (AvgIpc) is 2.78. The fraction of sp³-hybridized carbons (Fsp3) is 0.500. The second-order valence-electron chi connectivity index (χ2n) is 6.91. The number of hydrogen-bond donors (Lipinski definition) is 0. The molecule has 2 bridgehead atoms. The summed E-state index contributed by atoms with van der Waals surface area (Å²) in [5.74, 6) is 1.76. The second kappa shape index (κ2) is 6.33. The number of piperidine rings is 1. The second-order valence-corrected chi connectivity index (χ2v) is 7.32. The molecule has 2 atom stereocenters. The lowest BCUT2D eigenvalue weighted by Gasteiger charge is -2.35. The van der Waals surface area contributed by atoms with Crippen molar-refractivity contribution in [2.24, 2.45) is 5.92 Å². The molecular formula is C18H21ClN4O2. The van der Waals surface area contributed by atoms with Crippen LogP contribution in [0.15, 0.2) is 22.9 Å². The minimum absolute atomic E-state index is 0.0164. The van der Waals surface area contributed by atoms with Crippen LogP contribution in [0.25, 0.3) is 0 Å². The van der Waals surface area contributed by atoms with E-state index in [1.54, 1.807) is 6.20 Å². The van der Waals surface area contributed by atoms with Crippen LogP contribution in [0.3, 0.4) is 0 Å². The number of halogens is 1. The molecule has 6 nitrogen and oxygen atoms in total. The van der Waals surface area contributed by atoms with Gasteiger partial charge >= 0.3 is 0 Å². The number of hydrogen-bond acceptors (Lipinski definition) is 5. The Bertz CT molecular complexity index is 787. The maximum Gasteiger partial charge on any atom is 0.228 e. The molecule has 0 saturated carbocycles. The summed E-state index contributed by atoms with van der Waals surface area (Å²) < 4.78 is 5.26. The van der Waals surface area contributed by atoms with Gasteiger partial charge in [-0.15, -0.1) is 0 Å². The van der Waals surface area contributed by atoms with Gasteiger partial charge in [0.2, 0.25) is 5.91 Å². The summed E-state index contributed by atoms with van der Waals surface area (Å²) in [6.07, 6.45) is 3.67. The third-order valence-electron chi connectivity index (χ3n) is 5.34. The van der Waals surface area contributed by atoms with Crippen molar-refractivity contribution in [3.8, 4) is 0 Å². The van der Waals surface area contributed by atoms with Crippen molar-refractivity contribution in [3.63, 3.8) is 0 Å². The summed E-state index contributed by atoms with van der Waals surface area (Å²) in [5.41, 5.74) is 1.87. The summed E-state index contributed by atoms with van der Waals surface area (Å²) in [7, 11) is 0. The Hall–Kier alpha value is -2.08. The van der Waals surface area contributed by atoms with E-state index < -0.39 is 0 Å². The molecule has 3 aliphatic rings. The number of aromatic nitrogens is 2. The van der Waals surface area contributed by atoms with Crippen LogP contribution in [0.2, 0.25) is 5.02 Å². The van der Waals surface area contributed by atoms with Gasteiger partial charge in [-0.3, -0.25) is 4.79 Å². The quantitative estimate of drug-likeness (QED) is 0.842. The number of pyridine rings is 1. The molecule has 25 heavy (non-hydrogen) atoms. The number of carbonyl (C=O) groups excluding carboxylic acids is 1. The number of carbonyl (C=O) groups is 1. The molecule has 3 saturated heterocycles. The zero-order valence-corrected chi connectivity index (χ0v) is 15.2. The van der Waals surface area contributed by atoms with Gasteiger partial charge in [-0.1, -0.05) is 16.8 Å². The molecule has 0 N–H and O–H groups in total. The summed E-state index contributed by atoms with van der Waals surface area (Å²) in [4.78, 5) is 21.6. The Morgan fingerprint density at radius 1 is 1.32 bits per heavy atom. The van der Waals surface area contributed by atoms with E-state index in [1.165, 1.54) is 0 Å². The van der Waals surface area contributed by atoms with Crippen molar-refractivity contribution in [2.75, 3.05) is 18.0 Å². The van der Waals surface area contributed by atoms with Crippen LogP contribution in [0.1, 0.15) is 29.9 Å². The predicted molar refractivity (Wildman–Crippen MR) is 94.5 cm³/mol. The van der Waals surface area contributed by atoms with E-state index in [2.05, 4.69) is 15.0 Å². The Labute approximate surface area is 151 Å². The van der Waals surface area contributed by atoms with Crippen molar-refractivity contribution < 1.29 is 9.32 Å². The first-order valence-electron chi connectivity index (χ1n) is 8.62. The van der Waals surface area contributed by atoms with Crippen molar-refractivity contribution >= 4 is 23.3 Å². The number of fused-ring (bicyclic) bond motifs is 4. The van der Waals surface area contributed by atoms with Crippen LogP contribution < -0.4 is 4.90 Å². The minimum atomic E-state index is -0.0164. The number of anilines is 1. The van der Waals surface area contributed by atoms with Crippen LogP contribution in [-0.2, 0) is 11.3 Å². The molecule has 1 amide bonds. The van der Waals surface area contributed by atoms with E-state index in [4.69, 9.17) is 16.1 Å². The summed E-state index contributed by atoms with van der Waals surface area (Å²) in [6.45, 7) is 5.81. The van der Waals surface area contributed by atoms with Gasteiger partial charge in [0.25, 0.3) is 0 Å². The maximum atomic E-state index is 13.0. The van der Waals surface area contributed by atoms with Gasteiger partial charge in [0.15, 0.2) is 0 Å². The smallest absolute Gasteiger partial charge is 0.228 e. The highest BCUT2D eigenvalue weighted by atomic mass is 35.5. The molecule has 3 fully saturated rings. The van der Waals surface area contributed by atoms with Gasteiger partial charge in [-0.05, 0) is 38.8 Å². The first-order chi connectivity index (χ1) is 12.0. The maximum absolute atomic E-state index is 13.0. The lowest BCUT2D eigenvalue weighted by molar-refractivity contribution is -0.140. The van der Waals surface area contributed by atoms with Crippen molar-refractivity contribution in [1.29, 1.82) is 0 Å². The van der Waals surface area contributed by atoms with E-state index >= 15 is 0 Å². The Balaban J connectivity index is 1.62. The van der Waals surface area contributed by atoms with Crippen molar-refractivity contribution in [1.82, 2.24) is 15.0 Å². The molecule has 5 rings (SSSR count). The predicted octanol–water partition coefficient (Wildman–Crippen LogP) is 2.97. The molecule has 7 heteroatoms. The average molecular weight is 361 g/mol. The van der Waals surface area contributed by atoms with E-state index in [-0.39, 0.29) is 17.9 Å². The molecule has 3 aliphatic heterocycles. The van der Waals surface area contributed by atoms with Crippen LogP contribution in [0.4, 0.5) is 5.82 Å². The highest BCUT2D eigenvalue weighted by molar-refractivity contribution is 6.32. The van der Waals surface area contributed by atoms with Crippen LogP contribution >= 0.6 is 11.6 Å². The molecule has 132 valence electrons. The molecule has 2 aromatic heterocycles. The minimum Gasteiger partial charge on any atom is -0.361 e. The molecule has 0 aromatic carbocycles.